The van der Waals surface area contributed by atoms with Crippen LogP contribution in [0.15, 0.2) is 29.3 Å². The fourth-order valence-corrected chi connectivity index (χ4v) is 2.05. The molecule has 0 saturated heterocycles. The SMILES string of the molecule is CN=C(NCCC1CC1)NCc1ccccc1OC. The predicted molar refractivity (Wildman–Crippen MR) is 78.5 cm³/mol. The van der Waals surface area contributed by atoms with Gasteiger partial charge < -0.3 is 15.4 Å². The molecule has 1 aliphatic carbocycles. The van der Waals surface area contributed by atoms with Crippen LogP contribution in [0.2, 0.25) is 0 Å². The van der Waals surface area contributed by atoms with Crippen molar-refractivity contribution >= 4 is 5.96 Å². The normalized spacial score (nSPS) is 15.2. The fraction of sp³-hybridized carbons (Fsp3) is 0.533. The molecule has 4 heteroatoms. The highest BCUT2D eigenvalue weighted by molar-refractivity contribution is 5.79. The van der Waals surface area contributed by atoms with Gasteiger partial charge in [0.25, 0.3) is 0 Å². The van der Waals surface area contributed by atoms with Crippen LogP contribution in [0.3, 0.4) is 0 Å². The van der Waals surface area contributed by atoms with E-state index in [1.807, 2.05) is 18.2 Å². The lowest BCUT2D eigenvalue weighted by molar-refractivity contribution is 0.409. The molecule has 0 bridgehead atoms. The number of hydrogen-bond donors (Lipinski definition) is 2. The van der Waals surface area contributed by atoms with Gasteiger partial charge in [-0.05, 0) is 18.4 Å². The Hall–Kier alpha value is -1.71. The molecule has 1 aromatic rings. The number of rotatable bonds is 6. The van der Waals surface area contributed by atoms with Crippen LogP contribution in [0, 0.1) is 5.92 Å². The zero-order valence-electron chi connectivity index (χ0n) is 11.8. The van der Waals surface area contributed by atoms with Crippen LogP contribution in [0.1, 0.15) is 24.8 Å². The van der Waals surface area contributed by atoms with Gasteiger partial charge in [0, 0.05) is 25.7 Å². The lowest BCUT2D eigenvalue weighted by Crippen LogP contribution is -2.37. The maximum Gasteiger partial charge on any atom is 0.191 e. The highest BCUT2D eigenvalue weighted by Crippen LogP contribution is 2.31. The number of ether oxygens (including phenoxy) is 1. The Morgan fingerprint density at radius 3 is 2.79 bits per heavy atom. The minimum atomic E-state index is 0.715. The number of methoxy groups -OCH3 is 1. The molecule has 0 heterocycles. The zero-order chi connectivity index (χ0) is 13.5. The summed E-state index contributed by atoms with van der Waals surface area (Å²) in [6.45, 7) is 1.71. The molecule has 2 rings (SSSR count). The Kier molecular flexibility index (Phi) is 5.07. The van der Waals surface area contributed by atoms with E-state index in [1.165, 1.54) is 19.3 Å². The van der Waals surface area contributed by atoms with E-state index in [4.69, 9.17) is 4.74 Å². The first-order valence-electron chi connectivity index (χ1n) is 6.90. The maximum atomic E-state index is 5.33. The quantitative estimate of drug-likeness (QED) is 0.609. The fourth-order valence-electron chi connectivity index (χ4n) is 2.05. The Labute approximate surface area is 115 Å². The number of nitrogens with zero attached hydrogens (tertiary/aromatic N) is 1. The summed E-state index contributed by atoms with van der Waals surface area (Å²) in [4.78, 5) is 4.23. The monoisotopic (exact) mass is 261 g/mol. The smallest absolute Gasteiger partial charge is 0.191 e. The van der Waals surface area contributed by atoms with Crippen molar-refractivity contribution in [1.29, 1.82) is 0 Å². The Morgan fingerprint density at radius 2 is 2.11 bits per heavy atom. The van der Waals surface area contributed by atoms with Crippen LogP contribution in [-0.2, 0) is 6.54 Å². The first kappa shape index (κ1) is 13.7. The average Bonchev–Trinajstić information content (AvgIpc) is 3.27. The van der Waals surface area contributed by atoms with Gasteiger partial charge in [0.2, 0.25) is 0 Å². The van der Waals surface area contributed by atoms with Crippen LogP contribution >= 0.6 is 0 Å². The number of para-hydroxylation sites is 1. The third-order valence-electron chi connectivity index (χ3n) is 3.40. The summed E-state index contributed by atoms with van der Waals surface area (Å²) in [5.74, 6) is 2.70. The molecule has 1 aromatic carbocycles. The lowest BCUT2D eigenvalue weighted by atomic mass is 10.2. The van der Waals surface area contributed by atoms with E-state index in [-0.39, 0.29) is 0 Å². The molecular weight excluding hydrogens is 238 g/mol. The van der Waals surface area contributed by atoms with Crippen molar-refractivity contribution in [3.63, 3.8) is 0 Å². The van der Waals surface area contributed by atoms with Crippen LogP contribution in [-0.4, -0.2) is 26.7 Å². The number of hydrogen-bond acceptors (Lipinski definition) is 2. The second-order valence-electron chi connectivity index (χ2n) is 4.90. The summed E-state index contributed by atoms with van der Waals surface area (Å²) in [5.41, 5.74) is 1.13. The third kappa shape index (κ3) is 4.47. The molecule has 0 spiro atoms. The van der Waals surface area contributed by atoms with E-state index in [0.717, 1.165) is 29.7 Å². The van der Waals surface area contributed by atoms with Gasteiger partial charge in [-0.1, -0.05) is 31.0 Å². The van der Waals surface area contributed by atoms with Crippen LogP contribution in [0.5, 0.6) is 5.75 Å². The van der Waals surface area contributed by atoms with Gasteiger partial charge in [0.1, 0.15) is 5.75 Å². The first-order chi connectivity index (χ1) is 9.33. The van der Waals surface area contributed by atoms with Crippen LogP contribution in [0.4, 0.5) is 0 Å². The van der Waals surface area contributed by atoms with E-state index >= 15 is 0 Å². The third-order valence-corrected chi connectivity index (χ3v) is 3.40. The van der Waals surface area contributed by atoms with Crippen molar-refractivity contribution < 1.29 is 4.74 Å². The van der Waals surface area contributed by atoms with Crippen molar-refractivity contribution in [2.75, 3.05) is 20.7 Å². The molecule has 4 nitrogen and oxygen atoms in total. The summed E-state index contributed by atoms with van der Waals surface area (Å²) in [6.07, 6.45) is 4.04. The minimum Gasteiger partial charge on any atom is -0.496 e. The number of nitrogens with one attached hydrogen (secondary N) is 2. The average molecular weight is 261 g/mol. The van der Waals surface area contributed by atoms with Crippen molar-refractivity contribution in [3.8, 4) is 5.75 Å². The first-order valence-corrected chi connectivity index (χ1v) is 6.90. The number of aliphatic imine (C=N–C) groups is 1. The standard InChI is InChI=1S/C15H23N3O/c1-16-15(17-10-9-12-7-8-12)18-11-13-5-3-4-6-14(13)19-2/h3-6,12H,7-11H2,1-2H3,(H2,16,17,18). The highest BCUT2D eigenvalue weighted by atomic mass is 16.5. The van der Waals surface area contributed by atoms with Crippen molar-refractivity contribution in [2.45, 2.75) is 25.8 Å². The molecule has 19 heavy (non-hydrogen) atoms. The van der Waals surface area contributed by atoms with E-state index in [2.05, 4.69) is 21.7 Å². The van der Waals surface area contributed by atoms with Gasteiger partial charge in [0.05, 0.1) is 7.11 Å². The van der Waals surface area contributed by atoms with E-state index < -0.39 is 0 Å². The van der Waals surface area contributed by atoms with E-state index in [0.29, 0.717) is 6.54 Å². The molecular formula is C15H23N3O. The van der Waals surface area contributed by atoms with Gasteiger partial charge in [-0.2, -0.15) is 0 Å². The van der Waals surface area contributed by atoms with Gasteiger partial charge in [-0.25, -0.2) is 0 Å². The largest absolute Gasteiger partial charge is 0.496 e. The van der Waals surface area contributed by atoms with Gasteiger partial charge in [-0.3, -0.25) is 4.99 Å². The molecule has 0 atom stereocenters. The molecule has 0 amide bonds. The van der Waals surface area contributed by atoms with E-state index in [1.54, 1.807) is 14.2 Å². The van der Waals surface area contributed by atoms with Crippen molar-refractivity contribution in [1.82, 2.24) is 10.6 Å². The molecule has 0 radical (unpaired) electrons. The van der Waals surface area contributed by atoms with Crippen molar-refractivity contribution in [3.05, 3.63) is 29.8 Å². The Balaban J connectivity index is 1.78. The second kappa shape index (κ2) is 7.02. The number of guanidine groups is 1. The van der Waals surface area contributed by atoms with Gasteiger partial charge in [-0.15, -0.1) is 0 Å². The van der Waals surface area contributed by atoms with Crippen LogP contribution in [0.25, 0.3) is 0 Å². The van der Waals surface area contributed by atoms with E-state index in [9.17, 15) is 0 Å². The van der Waals surface area contributed by atoms with Crippen LogP contribution < -0.4 is 15.4 Å². The maximum absolute atomic E-state index is 5.33. The summed E-state index contributed by atoms with van der Waals surface area (Å²) in [5, 5.41) is 6.66. The molecule has 104 valence electrons. The Morgan fingerprint density at radius 1 is 1.32 bits per heavy atom. The highest BCUT2D eigenvalue weighted by Gasteiger charge is 2.20. The zero-order valence-corrected chi connectivity index (χ0v) is 11.8. The predicted octanol–water partition coefficient (Wildman–Crippen LogP) is 2.16. The summed E-state index contributed by atoms with van der Waals surface area (Å²) in [7, 11) is 3.50. The topological polar surface area (TPSA) is 45.7 Å². The molecule has 0 aliphatic heterocycles. The minimum absolute atomic E-state index is 0.715. The summed E-state index contributed by atoms with van der Waals surface area (Å²) in [6, 6.07) is 8.03. The molecule has 2 N–H and O–H groups in total. The molecule has 0 aromatic heterocycles. The molecule has 1 fully saturated rings. The van der Waals surface area contributed by atoms with Gasteiger partial charge >= 0.3 is 0 Å². The van der Waals surface area contributed by atoms with Crippen molar-refractivity contribution in [2.24, 2.45) is 10.9 Å². The summed E-state index contributed by atoms with van der Waals surface area (Å²) >= 11 is 0. The molecule has 1 aliphatic rings. The lowest BCUT2D eigenvalue weighted by Gasteiger charge is -2.13. The summed E-state index contributed by atoms with van der Waals surface area (Å²) < 4.78 is 5.33. The molecule has 0 unspecified atom stereocenters. The number of benzene rings is 1. The second-order valence-corrected chi connectivity index (χ2v) is 4.90. The van der Waals surface area contributed by atoms with Gasteiger partial charge in [0.15, 0.2) is 5.96 Å². The Bertz CT molecular complexity index is 427. The molecule has 1 saturated carbocycles.